The van der Waals surface area contributed by atoms with Gasteiger partial charge in [-0.2, -0.15) is 0 Å². The first-order chi connectivity index (χ1) is 12.2. The van der Waals surface area contributed by atoms with E-state index in [0.717, 1.165) is 49.3 Å². The summed E-state index contributed by atoms with van der Waals surface area (Å²) in [7, 11) is 0. The molecule has 2 aliphatic rings. The topological polar surface area (TPSA) is 58.1 Å². The lowest BCUT2D eigenvalue weighted by molar-refractivity contribution is -0.132. The van der Waals surface area contributed by atoms with Crippen molar-refractivity contribution in [2.45, 2.75) is 57.4 Å². The fraction of sp³-hybridized carbons (Fsp3) is 0.600. The second-order valence-corrected chi connectivity index (χ2v) is 7.62. The maximum atomic E-state index is 12.5. The van der Waals surface area contributed by atoms with E-state index in [9.17, 15) is 9.59 Å². The van der Waals surface area contributed by atoms with Crippen molar-refractivity contribution >= 4 is 16.9 Å². The molecule has 2 heterocycles. The number of benzene rings is 1. The van der Waals surface area contributed by atoms with E-state index in [1.807, 2.05) is 33.7 Å². The van der Waals surface area contributed by atoms with E-state index in [2.05, 4.69) is 4.98 Å². The van der Waals surface area contributed by atoms with Crippen LogP contribution in [0.25, 0.3) is 11.0 Å². The Bertz CT molecular complexity index is 793. The highest BCUT2D eigenvalue weighted by molar-refractivity contribution is 5.76. The van der Waals surface area contributed by atoms with E-state index in [4.69, 9.17) is 0 Å². The van der Waals surface area contributed by atoms with Gasteiger partial charge in [-0.1, -0.05) is 37.8 Å². The molecule has 0 radical (unpaired) electrons. The number of piperidine rings is 1. The van der Waals surface area contributed by atoms with E-state index in [1.54, 1.807) is 0 Å². The fourth-order valence-electron chi connectivity index (χ4n) is 4.59. The number of H-pyrrole nitrogens is 1. The highest BCUT2D eigenvalue weighted by Crippen LogP contribution is 2.29. The van der Waals surface area contributed by atoms with Gasteiger partial charge in [0.15, 0.2) is 0 Å². The summed E-state index contributed by atoms with van der Waals surface area (Å²) in [5.41, 5.74) is 1.83. The average Bonchev–Trinajstić information content (AvgIpc) is 3.26. The Kier molecular flexibility index (Phi) is 4.64. The second-order valence-electron chi connectivity index (χ2n) is 7.62. The highest BCUT2D eigenvalue weighted by Gasteiger charge is 2.26. The number of carbonyl (C=O) groups excluding carboxylic acids is 1. The molecule has 5 heteroatoms. The van der Waals surface area contributed by atoms with Crippen LogP contribution in [0.5, 0.6) is 0 Å². The standard InChI is InChI=1S/C20H27N3O2/c24-19(10-9-15-5-1-2-6-15)22-13-11-16(12-14-22)23-18-8-4-3-7-17(18)21-20(23)25/h3-4,7-8,15-16H,1-2,5-6,9-14H2,(H,21,25). The van der Waals surface area contributed by atoms with Gasteiger partial charge in [-0.25, -0.2) is 4.79 Å². The first kappa shape index (κ1) is 16.4. The van der Waals surface area contributed by atoms with E-state index >= 15 is 0 Å². The molecule has 1 aromatic carbocycles. The summed E-state index contributed by atoms with van der Waals surface area (Å²) >= 11 is 0. The zero-order chi connectivity index (χ0) is 17.2. The highest BCUT2D eigenvalue weighted by atomic mass is 16.2. The minimum atomic E-state index is -0.0350. The molecule has 1 saturated heterocycles. The van der Waals surface area contributed by atoms with Crippen molar-refractivity contribution in [1.29, 1.82) is 0 Å². The molecule has 25 heavy (non-hydrogen) atoms. The maximum Gasteiger partial charge on any atom is 0.326 e. The molecule has 0 bridgehead atoms. The number of imidazole rings is 1. The molecule has 2 fully saturated rings. The molecule has 1 aromatic heterocycles. The molecular weight excluding hydrogens is 314 g/mol. The van der Waals surface area contributed by atoms with Crippen molar-refractivity contribution in [2.75, 3.05) is 13.1 Å². The van der Waals surface area contributed by atoms with Gasteiger partial charge in [0.2, 0.25) is 5.91 Å². The van der Waals surface area contributed by atoms with Gasteiger partial charge in [-0.05, 0) is 37.3 Å². The van der Waals surface area contributed by atoms with E-state index in [1.165, 1.54) is 25.7 Å². The predicted octanol–water partition coefficient (Wildman–Crippen LogP) is 3.46. The van der Waals surface area contributed by atoms with Gasteiger partial charge in [0, 0.05) is 25.6 Å². The van der Waals surface area contributed by atoms with Gasteiger partial charge in [0.25, 0.3) is 0 Å². The first-order valence-corrected chi connectivity index (χ1v) is 9.69. The summed E-state index contributed by atoms with van der Waals surface area (Å²) in [6.07, 6.45) is 8.75. The molecule has 1 amide bonds. The lowest BCUT2D eigenvalue weighted by atomic mass is 10.00. The molecule has 1 aliphatic carbocycles. The summed E-state index contributed by atoms with van der Waals surface area (Å²) in [5.74, 6) is 1.07. The van der Waals surface area contributed by atoms with Crippen LogP contribution < -0.4 is 5.69 Å². The summed E-state index contributed by atoms with van der Waals surface area (Å²) in [6, 6.07) is 8.02. The fourth-order valence-corrected chi connectivity index (χ4v) is 4.59. The van der Waals surface area contributed by atoms with Crippen molar-refractivity contribution < 1.29 is 4.79 Å². The number of fused-ring (bicyclic) bond motifs is 1. The van der Waals surface area contributed by atoms with E-state index in [-0.39, 0.29) is 11.7 Å². The van der Waals surface area contributed by atoms with E-state index < -0.39 is 0 Å². The number of para-hydroxylation sites is 2. The molecule has 2 aromatic rings. The predicted molar refractivity (Wildman–Crippen MR) is 98.6 cm³/mol. The van der Waals surface area contributed by atoms with Gasteiger partial charge >= 0.3 is 5.69 Å². The van der Waals surface area contributed by atoms with Crippen LogP contribution in [0.1, 0.15) is 57.4 Å². The van der Waals surface area contributed by atoms with Crippen molar-refractivity contribution in [1.82, 2.24) is 14.5 Å². The van der Waals surface area contributed by atoms with Crippen molar-refractivity contribution in [3.63, 3.8) is 0 Å². The van der Waals surface area contributed by atoms with Crippen molar-refractivity contribution in [3.8, 4) is 0 Å². The Morgan fingerprint density at radius 1 is 1.08 bits per heavy atom. The zero-order valence-corrected chi connectivity index (χ0v) is 14.7. The van der Waals surface area contributed by atoms with Gasteiger partial charge in [-0.3, -0.25) is 9.36 Å². The number of carbonyl (C=O) groups is 1. The third-order valence-electron chi connectivity index (χ3n) is 6.05. The molecule has 1 saturated carbocycles. The average molecular weight is 341 g/mol. The molecule has 4 rings (SSSR count). The van der Waals surface area contributed by atoms with Crippen LogP contribution in [0, 0.1) is 5.92 Å². The molecule has 134 valence electrons. The molecule has 0 spiro atoms. The zero-order valence-electron chi connectivity index (χ0n) is 14.7. The summed E-state index contributed by atoms with van der Waals surface area (Å²) in [4.78, 5) is 29.8. The van der Waals surface area contributed by atoms with Crippen LogP contribution in [-0.4, -0.2) is 33.4 Å². The molecular formula is C20H27N3O2. The van der Waals surface area contributed by atoms with Gasteiger partial charge in [0.1, 0.15) is 0 Å². The number of aromatic amines is 1. The Labute approximate surface area is 148 Å². The lowest BCUT2D eigenvalue weighted by Crippen LogP contribution is -2.40. The number of nitrogens with zero attached hydrogens (tertiary/aromatic N) is 2. The van der Waals surface area contributed by atoms with Gasteiger partial charge < -0.3 is 9.88 Å². The second kappa shape index (κ2) is 7.06. The maximum absolute atomic E-state index is 12.5. The number of likely N-dealkylation sites (tertiary alicyclic amines) is 1. The first-order valence-electron chi connectivity index (χ1n) is 9.69. The van der Waals surface area contributed by atoms with Crippen LogP contribution in [0.4, 0.5) is 0 Å². The van der Waals surface area contributed by atoms with Crippen LogP contribution in [-0.2, 0) is 4.79 Å². The summed E-state index contributed by atoms with van der Waals surface area (Å²) in [5, 5.41) is 0. The van der Waals surface area contributed by atoms with Gasteiger partial charge in [0.05, 0.1) is 11.0 Å². The molecule has 5 nitrogen and oxygen atoms in total. The number of nitrogens with one attached hydrogen (secondary N) is 1. The van der Waals surface area contributed by atoms with Crippen molar-refractivity contribution in [2.24, 2.45) is 5.92 Å². The van der Waals surface area contributed by atoms with Gasteiger partial charge in [-0.15, -0.1) is 0 Å². The van der Waals surface area contributed by atoms with Crippen LogP contribution in [0.2, 0.25) is 0 Å². The SMILES string of the molecule is O=C(CCC1CCCC1)N1CCC(n2c(=O)[nH]c3ccccc32)CC1. The number of aromatic nitrogens is 2. The summed E-state index contributed by atoms with van der Waals surface area (Å²) in [6.45, 7) is 1.53. The van der Waals surface area contributed by atoms with Crippen LogP contribution in [0.3, 0.4) is 0 Å². The summed E-state index contributed by atoms with van der Waals surface area (Å²) < 4.78 is 1.88. The Morgan fingerprint density at radius 2 is 1.80 bits per heavy atom. The minimum Gasteiger partial charge on any atom is -0.343 e. The Hall–Kier alpha value is -2.04. The Balaban J connectivity index is 1.37. The Morgan fingerprint density at radius 3 is 2.56 bits per heavy atom. The number of hydrogen-bond acceptors (Lipinski definition) is 2. The third-order valence-corrected chi connectivity index (χ3v) is 6.05. The molecule has 1 N–H and O–H groups in total. The quantitative estimate of drug-likeness (QED) is 0.926. The largest absolute Gasteiger partial charge is 0.343 e. The van der Waals surface area contributed by atoms with Crippen LogP contribution >= 0.6 is 0 Å². The minimum absolute atomic E-state index is 0.0350. The van der Waals surface area contributed by atoms with E-state index in [0.29, 0.717) is 12.3 Å². The monoisotopic (exact) mass is 341 g/mol. The third kappa shape index (κ3) is 3.37. The normalized spacial score (nSPS) is 19.8. The smallest absolute Gasteiger partial charge is 0.326 e. The molecule has 0 unspecified atom stereocenters. The molecule has 0 atom stereocenters. The number of rotatable bonds is 4. The van der Waals surface area contributed by atoms with Crippen molar-refractivity contribution in [3.05, 3.63) is 34.7 Å². The van der Waals surface area contributed by atoms with Crippen LogP contribution in [0.15, 0.2) is 29.1 Å². The molecule has 1 aliphatic heterocycles. The number of amides is 1. The lowest BCUT2D eigenvalue weighted by Gasteiger charge is -2.32. The number of hydrogen-bond donors (Lipinski definition) is 1.